The Balaban J connectivity index is 3.20. The molecule has 5 heavy (non-hydrogen) atoms. The summed E-state index contributed by atoms with van der Waals surface area (Å²) < 4.78 is 0. The minimum atomic E-state index is -0.0201. The van der Waals surface area contributed by atoms with Crippen molar-refractivity contribution in [3.8, 4) is 0 Å². The second-order valence-corrected chi connectivity index (χ2v) is 8.48. The molecular weight excluding hydrogens is 155 g/mol. The maximum absolute atomic E-state index is 3.63. The van der Waals surface area contributed by atoms with Crippen LogP contribution in [-0.4, -0.2) is 5.43 Å². The Morgan fingerprint density at radius 2 is 2.20 bits per heavy atom. The summed E-state index contributed by atoms with van der Waals surface area (Å²) in [6, 6.07) is 0. The van der Waals surface area contributed by atoms with E-state index in [-0.39, 0.29) is 5.43 Å². The maximum atomic E-state index is 3.63. The van der Waals surface area contributed by atoms with Gasteiger partial charge in [-0.25, -0.2) is 0 Å². The van der Waals surface area contributed by atoms with E-state index in [1.54, 1.807) is 23.3 Å². The molecule has 0 saturated heterocycles. The van der Waals surface area contributed by atoms with E-state index in [1.165, 1.54) is 0 Å². The molecule has 0 heterocycles. The standard InChI is InChI=1S/C3H6Si.Zr/c1-3-4-2;/h3H,1H2,2H3;/q;+2. The fourth-order valence-electron chi connectivity index (χ4n) is 0. The van der Waals surface area contributed by atoms with E-state index in [0.717, 1.165) is 0 Å². The van der Waals surface area contributed by atoms with Crippen LogP contribution in [0.15, 0.2) is 12.3 Å². The Morgan fingerprint density at radius 1 is 2.00 bits per heavy atom. The molecule has 0 aliphatic heterocycles. The molecule has 0 atom stereocenters. The zero-order valence-electron chi connectivity index (χ0n) is 3.28. The molecule has 0 amide bonds. The normalized spacial score (nSPS) is 7.00. The molecule has 0 bridgehead atoms. The molecule has 0 aromatic rings. The number of hydrogen-bond donors (Lipinski definition) is 0. The van der Waals surface area contributed by atoms with Crippen molar-refractivity contribution in [2.75, 3.05) is 0 Å². The molecule has 2 heteroatoms. The molecule has 0 aliphatic carbocycles. The van der Waals surface area contributed by atoms with E-state index in [0.29, 0.717) is 0 Å². The van der Waals surface area contributed by atoms with Crippen molar-refractivity contribution in [1.82, 2.24) is 0 Å². The first kappa shape index (κ1) is 5.84. The van der Waals surface area contributed by atoms with Crippen LogP contribution in [0.3, 0.4) is 0 Å². The second kappa shape index (κ2) is 3.05. The molecule has 0 N–H and O–H groups in total. The first-order valence-corrected chi connectivity index (χ1v) is 7.21. The van der Waals surface area contributed by atoms with Gasteiger partial charge in [0.1, 0.15) is 0 Å². The van der Waals surface area contributed by atoms with Crippen molar-refractivity contribution in [1.29, 1.82) is 0 Å². The van der Waals surface area contributed by atoms with E-state index in [2.05, 4.69) is 18.8 Å². The van der Waals surface area contributed by atoms with Gasteiger partial charge in [0, 0.05) is 0 Å². The van der Waals surface area contributed by atoms with Crippen LogP contribution in [0.4, 0.5) is 0 Å². The van der Waals surface area contributed by atoms with E-state index in [4.69, 9.17) is 0 Å². The number of hydrogen-bond acceptors (Lipinski definition) is 0. The first-order chi connectivity index (χ1) is 2.27. The van der Waals surface area contributed by atoms with E-state index >= 15 is 0 Å². The van der Waals surface area contributed by atoms with Gasteiger partial charge in [-0.1, -0.05) is 0 Å². The Labute approximate surface area is 47.6 Å². The van der Waals surface area contributed by atoms with Gasteiger partial charge in [-0.05, 0) is 0 Å². The topological polar surface area (TPSA) is 0 Å². The van der Waals surface area contributed by atoms with E-state index < -0.39 is 0 Å². The SMILES string of the molecule is C=C[Si](C)=[Zr+2]. The Morgan fingerprint density at radius 3 is 2.20 bits per heavy atom. The number of rotatable bonds is 1. The van der Waals surface area contributed by atoms with Crippen molar-refractivity contribution in [2.24, 2.45) is 0 Å². The molecule has 0 unspecified atom stereocenters. The van der Waals surface area contributed by atoms with Crippen LogP contribution in [0.2, 0.25) is 6.55 Å². The summed E-state index contributed by atoms with van der Waals surface area (Å²) >= 11 is 1.65. The van der Waals surface area contributed by atoms with Crippen molar-refractivity contribution in [2.45, 2.75) is 6.55 Å². The molecular formula is C3H6SiZr+2. The van der Waals surface area contributed by atoms with Crippen molar-refractivity contribution in [3.05, 3.63) is 12.3 Å². The van der Waals surface area contributed by atoms with Crippen molar-refractivity contribution < 1.29 is 23.3 Å². The van der Waals surface area contributed by atoms with Crippen LogP contribution >= 0.6 is 0 Å². The first-order valence-electron chi connectivity index (χ1n) is 1.45. The third-order valence-corrected chi connectivity index (χ3v) is 2.42. The van der Waals surface area contributed by atoms with Gasteiger partial charge < -0.3 is 0 Å². The molecule has 0 aliphatic rings. The van der Waals surface area contributed by atoms with E-state index in [1.807, 2.05) is 0 Å². The predicted molar refractivity (Wildman–Crippen MR) is 21.8 cm³/mol. The summed E-state index contributed by atoms with van der Waals surface area (Å²) in [5.41, 5.74) is 2.04. The molecule has 0 nitrogen and oxygen atoms in total. The molecule has 0 aromatic heterocycles. The van der Waals surface area contributed by atoms with Crippen LogP contribution < -0.4 is 0 Å². The Kier molecular flexibility index (Phi) is 3.56. The monoisotopic (exact) mass is 160 g/mol. The van der Waals surface area contributed by atoms with Crippen LogP contribution in [-0.2, 0) is 23.3 Å². The van der Waals surface area contributed by atoms with Crippen LogP contribution in [0.1, 0.15) is 0 Å². The Hall–Kier alpha value is 0.840. The predicted octanol–water partition coefficient (Wildman–Crippen LogP) is 0.880. The fourth-order valence-corrected chi connectivity index (χ4v) is 0. The summed E-state index contributed by atoms with van der Waals surface area (Å²) in [4.78, 5) is 0. The summed E-state index contributed by atoms with van der Waals surface area (Å²) in [6.07, 6.45) is 0. The molecule has 0 fully saturated rings. The third-order valence-electron chi connectivity index (χ3n) is 0.306. The molecule has 0 aromatic carbocycles. The van der Waals surface area contributed by atoms with Gasteiger partial charge in [-0.3, -0.25) is 0 Å². The average Bonchev–Trinajstić information content (AvgIpc) is 1.38. The summed E-state index contributed by atoms with van der Waals surface area (Å²) in [5.74, 6) is 0. The van der Waals surface area contributed by atoms with E-state index in [9.17, 15) is 0 Å². The zero-order valence-corrected chi connectivity index (χ0v) is 6.74. The minimum absolute atomic E-state index is 0.0201. The second-order valence-electron chi connectivity index (χ2n) is 0.887. The van der Waals surface area contributed by atoms with Gasteiger partial charge in [0.25, 0.3) is 0 Å². The molecule has 0 radical (unpaired) electrons. The van der Waals surface area contributed by atoms with Gasteiger partial charge in [-0.15, -0.1) is 0 Å². The molecule has 24 valence electrons. The molecule has 0 spiro atoms. The fraction of sp³-hybridized carbons (Fsp3) is 0.333. The molecule has 0 saturated carbocycles. The van der Waals surface area contributed by atoms with Crippen molar-refractivity contribution >= 4 is 5.43 Å². The van der Waals surface area contributed by atoms with Crippen LogP contribution in [0.5, 0.6) is 0 Å². The van der Waals surface area contributed by atoms with Gasteiger partial charge in [0.05, 0.1) is 0 Å². The van der Waals surface area contributed by atoms with Gasteiger partial charge in [0.15, 0.2) is 0 Å². The quantitative estimate of drug-likeness (QED) is 0.501. The average molecular weight is 161 g/mol. The summed E-state index contributed by atoms with van der Waals surface area (Å²) in [6.45, 7) is 5.87. The third kappa shape index (κ3) is 4.84. The summed E-state index contributed by atoms with van der Waals surface area (Å²) in [5, 5.41) is 0. The van der Waals surface area contributed by atoms with Crippen LogP contribution in [0.25, 0.3) is 0 Å². The van der Waals surface area contributed by atoms with Gasteiger partial charge in [0.2, 0.25) is 0 Å². The van der Waals surface area contributed by atoms with Gasteiger partial charge >= 0.3 is 47.6 Å². The zero-order chi connectivity index (χ0) is 4.28. The summed E-state index contributed by atoms with van der Waals surface area (Å²) in [7, 11) is 0. The Bertz CT molecular complexity index is 57.9. The molecule has 0 rings (SSSR count). The van der Waals surface area contributed by atoms with Gasteiger partial charge in [-0.2, -0.15) is 0 Å². The van der Waals surface area contributed by atoms with Crippen LogP contribution in [0, 0.1) is 0 Å². The van der Waals surface area contributed by atoms with Crippen molar-refractivity contribution in [3.63, 3.8) is 0 Å².